The fourth-order valence-corrected chi connectivity index (χ4v) is 3.98. The predicted molar refractivity (Wildman–Crippen MR) is 95.2 cm³/mol. The molecule has 0 unspecified atom stereocenters. The van der Waals surface area contributed by atoms with E-state index >= 15 is 0 Å². The van der Waals surface area contributed by atoms with Gasteiger partial charge in [0.25, 0.3) is 5.91 Å². The first kappa shape index (κ1) is 16.4. The van der Waals surface area contributed by atoms with Gasteiger partial charge >= 0.3 is 0 Å². The molecule has 0 radical (unpaired) electrons. The molecular weight excluding hydrogens is 308 g/mol. The van der Waals surface area contributed by atoms with Crippen molar-refractivity contribution in [3.63, 3.8) is 0 Å². The maximum atomic E-state index is 12.4. The van der Waals surface area contributed by atoms with Gasteiger partial charge in [-0.1, -0.05) is 32.0 Å². The van der Waals surface area contributed by atoms with E-state index in [4.69, 9.17) is 4.74 Å². The van der Waals surface area contributed by atoms with E-state index in [0.717, 1.165) is 41.9 Å². The van der Waals surface area contributed by atoms with Crippen LogP contribution in [0.15, 0.2) is 29.6 Å². The van der Waals surface area contributed by atoms with E-state index in [1.54, 1.807) is 11.3 Å². The van der Waals surface area contributed by atoms with Crippen molar-refractivity contribution >= 4 is 27.3 Å². The van der Waals surface area contributed by atoms with Crippen molar-refractivity contribution in [3.8, 4) is 0 Å². The Morgan fingerprint density at radius 3 is 3.09 bits per heavy atom. The molecule has 124 valence electrons. The number of carbonyl (C=O) groups excluding carboxylic acids is 1. The molecule has 0 spiro atoms. The van der Waals surface area contributed by atoms with Gasteiger partial charge < -0.3 is 10.1 Å². The van der Waals surface area contributed by atoms with Gasteiger partial charge in [0, 0.05) is 41.6 Å². The summed E-state index contributed by atoms with van der Waals surface area (Å²) in [6.07, 6.45) is 0.0800. The quantitative estimate of drug-likeness (QED) is 0.915. The molecule has 3 rings (SSSR count). The van der Waals surface area contributed by atoms with Crippen LogP contribution in [0.25, 0.3) is 10.1 Å². The monoisotopic (exact) mass is 332 g/mol. The highest BCUT2D eigenvalue weighted by Crippen LogP contribution is 2.25. The van der Waals surface area contributed by atoms with Crippen molar-refractivity contribution in [2.24, 2.45) is 5.92 Å². The summed E-state index contributed by atoms with van der Waals surface area (Å²) in [7, 11) is 0. The molecule has 4 nitrogen and oxygen atoms in total. The van der Waals surface area contributed by atoms with E-state index in [2.05, 4.69) is 24.1 Å². The number of carbonyl (C=O) groups is 1. The number of benzene rings is 1. The number of nitrogens with one attached hydrogen (secondary N) is 1. The van der Waals surface area contributed by atoms with Crippen LogP contribution in [0, 0.1) is 5.92 Å². The lowest BCUT2D eigenvalue weighted by Crippen LogP contribution is -2.48. The van der Waals surface area contributed by atoms with Crippen LogP contribution in [-0.2, 0) is 4.74 Å². The Balaban J connectivity index is 1.56. The van der Waals surface area contributed by atoms with Crippen LogP contribution in [0.3, 0.4) is 0 Å². The zero-order chi connectivity index (χ0) is 16.2. The van der Waals surface area contributed by atoms with Crippen molar-refractivity contribution in [3.05, 3.63) is 35.2 Å². The molecule has 2 heterocycles. The molecule has 0 saturated carbocycles. The molecule has 0 bridgehead atoms. The largest absolute Gasteiger partial charge is 0.374 e. The summed E-state index contributed by atoms with van der Waals surface area (Å²) < 4.78 is 6.94. The van der Waals surface area contributed by atoms with Crippen LogP contribution in [0.1, 0.15) is 24.2 Å². The average Bonchev–Trinajstić information content (AvgIpc) is 2.96. The number of morpholine rings is 1. The summed E-state index contributed by atoms with van der Waals surface area (Å²) in [6.45, 7) is 8.73. The van der Waals surface area contributed by atoms with Crippen molar-refractivity contribution in [1.29, 1.82) is 0 Å². The van der Waals surface area contributed by atoms with Crippen LogP contribution in [0.4, 0.5) is 0 Å². The molecule has 1 aromatic heterocycles. The smallest absolute Gasteiger partial charge is 0.252 e. The molecule has 23 heavy (non-hydrogen) atoms. The lowest BCUT2D eigenvalue weighted by atomic mass is 10.1. The summed E-state index contributed by atoms with van der Waals surface area (Å²) in [4.78, 5) is 14.9. The Bertz CT molecular complexity index is 668. The zero-order valence-corrected chi connectivity index (χ0v) is 14.6. The minimum absolute atomic E-state index is 0.00738. The molecule has 0 aliphatic carbocycles. The van der Waals surface area contributed by atoms with Gasteiger partial charge in [-0.3, -0.25) is 9.69 Å². The maximum Gasteiger partial charge on any atom is 0.252 e. The van der Waals surface area contributed by atoms with E-state index in [9.17, 15) is 4.79 Å². The molecule has 1 aliphatic rings. The highest BCUT2D eigenvalue weighted by Gasteiger charge is 2.22. The molecule has 1 saturated heterocycles. The van der Waals surface area contributed by atoms with E-state index < -0.39 is 0 Å². The van der Waals surface area contributed by atoms with E-state index in [1.807, 2.05) is 29.6 Å². The molecule has 1 N–H and O–H groups in total. The fraction of sp³-hybridized carbons (Fsp3) is 0.500. The number of nitrogens with zero attached hydrogens (tertiary/aromatic N) is 1. The Hall–Kier alpha value is -1.43. The summed E-state index contributed by atoms with van der Waals surface area (Å²) in [5.41, 5.74) is 0.764. The van der Waals surface area contributed by atoms with E-state index in [0.29, 0.717) is 12.5 Å². The Labute approximate surface area is 141 Å². The predicted octanol–water partition coefficient (Wildman–Crippen LogP) is 2.99. The summed E-state index contributed by atoms with van der Waals surface area (Å²) >= 11 is 1.61. The van der Waals surface area contributed by atoms with Gasteiger partial charge in [-0.05, 0) is 12.0 Å². The zero-order valence-electron chi connectivity index (χ0n) is 13.7. The molecule has 1 aliphatic heterocycles. The Kier molecular flexibility index (Phi) is 5.30. The lowest BCUT2D eigenvalue weighted by molar-refractivity contribution is -0.0295. The van der Waals surface area contributed by atoms with Crippen LogP contribution >= 0.6 is 11.3 Å². The molecular formula is C18H24N2O2S. The van der Waals surface area contributed by atoms with Gasteiger partial charge in [0.15, 0.2) is 0 Å². The fourth-order valence-electron chi connectivity index (χ4n) is 3.04. The highest BCUT2D eigenvalue weighted by atomic mass is 32.1. The number of hydrogen-bond acceptors (Lipinski definition) is 4. The normalized spacial score (nSPS) is 19.3. The summed E-state index contributed by atoms with van der Waals surface area (Å²) in [5.74, 6) is 0.646. The number of ether oxygens (including phenoxy) is 1. The first-order valence-corrected chi connectivity index (χ1v) is 9.10. The molecule has 1 atom stereocenters. The van der Waals surface area contributed by atoms with Crippen LogP contribution in [0.2, 0.25) is 0 Å². The number of fused-ring (bicyclic) bond motifs is 1. The first-order valence-electron chi connectivity index (χ1n) is 8.22. The minimum atomic E-state index is -0.00738. The number of hydrogen-bond donors (Lipinski definition) is 1. The van der Waals surface area contributed by atoms with Crippen LogP contribution < -0.4 is 5.32 Å². The first-order chi connectivity index (χ1) is 11.1. The third kappa shape index (κ3) is 4.10. The van der Waals surface area contributed by atoms with E-state index in [1.165, 1.54) is 0 Å². The summed E-state index contributed by atoms with van der Waals surface area (Å²) in [6, 6.07) is 8.02. The number of rotatable bonds is 5. The molecule has 1 amide bonds. The van der Waals surface area contributed by atoms with Gasteiger partial charge in [0.1, 0.15) is 0 Å². The molecule has 1 aromatic carbocycles. The van der Waals surface area contributed by atoms with Crippen molar-refractivity contribution in [2.75, 3.05) is 32.8 Å². The van der Waals surface area contributed by atoms with Crippen molar-refractivity contribution < 1.29 is 9.53 Å². The van der Waals surface area contributed by atoms with Crippen molar-refractivity contribution in [1.82, 2.24) is 10.2 Å². The Morgan fingerprint density at radius 1 is 1.43 bits per heavy atom. The van der Waals surface area contributed by atoms with E-state index in [-0.39, 0.29) is 12.0 Å². The van der Waals surface area contributed by atoms with Crippen LogP contribution in [0.5, 0.6) is 0 Å². The SMILES string of the molecule is CC(C)CN1CCO[C@H](CNC(=O)c2csc3ccccc23)C1. The lowest BCUT2D eigenvalue weighted by Gasteiger charge is -2.33. The molecule has 2 aromatic rings. The topological polar surface area (TPSA) is 41.6 Å². The van der Waals surface area contributed by atoms with Gasteiger partial charge in [-0.25, -0.2) is 0 Å². The second-order valence-electron chi connectivity index (χ2n) is 6.50. The van der Waals surface area contributed by atoms with Crippen LogP contribution in [-0.4, -0.2) is 49.7 Å². The second-order valence-corrected chi connectivity index (χ2v) is 7.41. The molecule has 5 heteroatoms. The van der Waals surface area contributed by atoms with Crippen molar-refractivity contribution in [2.45, 2.75) is 20.0 Å². The minimum Gasteiger partial charge on any atom is -0.374 e. The maximum absolute atomic E-state index is 12.4. The Morgan fingerprint density at radius 2 is 2.26 bits per heavy atom. The number of amides is 1. The average molecular weight is 332 g/mol. The third-order valence-corrected chi connectivity index (χ3v) is 5.03. The highest BCUT2D eigenvalue weighted by molar-refractivity contribution is 7.17. The van der Waals surface area contributed by atoms with Gasteiger partial charge in [0.2, 0.25) is 0 Å². The summed E-state index contributed by atoms with van der Waals surface area (Å²) in [5, 5.41) is 6.00. The molecule has 1 fully saturated rings. The third-order valence-electron chi connectivity index (χ3n) is 4.06. The van der Waals surface area contributed by atoms with Gasteiger partial charge in [0.05, 0.1) is 18.3 Å². The van der Waals surface area contributed by atoms with Gasteiger partial charge in [-0.15, -0.1) is 11.3 Å². The number of thiophene rings is 1. The van der Waals surface area contributed by atoms with Gasteiger partial charge in [-0.2, -0.15) is 0 Å². The standard InChI is InChI=1S/C18H24N2O2S/c1-13(2)10-20-7-8-22-14(11-20)9-19-18(21)16-12-23-17-6-4-3-5-15(16)17/h3-6,12-14H,7-11H2,1-2H3,(H,19,21)/t14-/m1/s1. The second kappa shape index (κ2) is 7.43.